The first-order valence-corrected chi connectivity index (χ1v) is 6.10. The molecule has 0 saturated carbocycles. The first-order chi connectivity index (χ1) is 6.13. The van der Waals surface area contributed by atoms with E-state index in [9.17, 15) is 0 Å². The first kappa shape index (κ1) is 11.1. The molecule has 13 heavy (non-hydrogen) atoms. The van der Waals surface area contributed by atoms with Gasteiger partial charge in [-0.15, -0.1) is 11.8 Å². The molecular formula is C10H14BrNS. The highest BCUT2D eigenvalue weighted by Crippen LogP contribution is 2.25. The van der Waals surface area contributed by atoms with E-state index in [1.165, 1.54) is 6.42 Å². The van der Waals surface area contributed by atoms with Crippen LogP contribution in [0.15, 0.2) is 21.6 Å². The first-order valence-electron chi connectivity index (χ1n) is 4.43. The summed E-state index contributed by atoms with van der Waals surface area (Å²) in [6, 6.07) is 4.13. The van der Waals surface area contributed by atoms with Crippen molar-refractivity contribution in [3.05, 3.63) is 22.3 Å². The Morgan fingerprint density at radius 1 is 1.54 bits per heavy atom. The Kier molecular flexibility index (Phi) is 4.26. The molecular weight excluding hydrogens is 246 g/mol. The van der Waals surface area contributed by atoms with Gasteiger partial charge in [0.2, 0.25) is 0 Å². The van der Waals surface area contributed by atoms with Gasteiger partial charge in [-0.3, -0.25) is 0 Å². The van der Waals surface area contributed by atoms with Crippen LogP contribution >= 0.6 is 27.7 Å². The maximum Gasteiger partial charge on any atom is 0.0966 e. The quantitative estimate of drug-likeness (QED) is 0.760. The largest absolute Gasteiger partial charge is 0.246 e. The molecule has 1 aromatic heterocycles. The Hall–Kier alpha value is -0.0200. The molecule has 0 fully saturated rings. The van der Waals surface area contributed by atoms with Crippen molar-refractivity contribution < 1.29 is 0 Å². The van der Waals surface area contributed by atoms with Crippen LogP contribution in [0, 0.1) is 6.92 Å². The minimum absolute atomic E-state index is 0.646. The third-order valence-electron chi connectivity index (χ3n) is 1.89. The van der Waals surface area contributed by atoms with E-state index in [4.69, 9.17) is 0 Å². The predicted octanol–water partition coefficient (Wildman–Crippen LogP) is 4.04. The average molecular weight is 260 g/mol. The van der Waals surface area contributed by atoms with E-state index in [2.05, 4.69) is 46.9 Å². The summed E-state index contributed by atoms with van der Waals surface area (Å²) in [5, 5.41) is 1.77. The van der Waals surface area contributed by atoms with Crippen molar-refractivity contribution in [2.24, 2.45) is 0 Å². The highest BCUT2D eigenvalue weighted by Gasteiger charge is 2.04. The van der Waals surface area contributed by atoms with Gasteiger partial charge in [0, 0.05) is 9.72 Å². The van der Waals surface area contributed by atoms with Crippen LogP contribution in [0.25, 0.3) is 0 Å². The van der Waals surface area contributed by atoms with E-state index < -0.39 is 0 Å². The molecule has 0 aliphatic heterocycles. The smallest absolute Gasteiger partial charge is 0.0966 e. The van der Waals surface area contributed by atoms with E-state index in [-0.39, 0.29) is 0 Å². The summed E-state index contributed by atoms with van der Waals surface area (Å²) >= 11 is 5.28. The zero-order valence-corrected chi connectivity index (χ0v) is 10.6. The fourth-order valence-electron chi connectivity index (χ4n) is 0.876. The molecule has 0 bridgehead atoms. The van der Waals surface area contributed by atoms with Crippen molar-refractivity contribution in [1.82, 2.24) is 4.98 Å². The van der Waals surface area contributed by atoms with Crippen LogP contribution in [0.1, 0.15) is 26.0 Å². The molecule has 0 saturated heterocycles. The highest BCUT2D eigenvalue weighted by atomic mass is 79.9. The molecule has 72 valence electrons. The molecule has 1 heterocycles. The van der Waals surface area contributed by atoms with Gasteiger partial charge in [0.1, 0.15) is 0 Å². The average Bonchev–Trinajstić information content (AvgIpc) is 2.11. The lowest BCUT2D eigenvalue weighted by atomic mass is 10.4. The summed E-state index contributed by atoms with van der Waals surface area (Å²) in [7, 11) is 0. The minimum Gasteiger partial charge on any atom is -0.246 e. The van der Waals surface area contributed by atoms with Crippen LogP contribution in [0.4, 0.5) is 0 Å². The number of hydrogen-bond donors (Lipinski definition) is 0. The molecule has 1 atom stereocenters. The maximum atomic E-state index is 4.48. The second-order valence-electron chi connectivity index (χ2n) is 3.05. The number of thioether (sulfide) groups is 1. The number of hydrogen-bond acceptors (Lipinski definition) is 2. The van der Waals surface area contributed by atoms with E-state index in [1.54, 1.807) is 0 Å². The van der Waals surface area contributed by atoms with Gasteiger partial charge in [-0.2, -0.15) is 0 Å². The fourth-order valence-corrected chi connectivity index (χ4v) is 2.01. The predicted molar refractivity (Wildman–Crippen MR) is 62.3 cm³/mol. The van der Waals surface area contributed by atoms with Crippen LogP contribution in [0.5, 0.6) is 0 Å². The third kappa shape index (κ3) is 3.31. The summed E-state index contributed by atoms with van der Waals surface area (Å²) in [6.45, 7) is 6.44. The molecule has 1 unspecified atom stereocenters. The molecule has 0 aliphatic carbocycles. The fraction of sp³-hybridized carbons (Fsp3) is 0.500. The zero-order valence-electron chi connectivity index (χ0n) is 8.17. The van der Waals surface area contributed by atoms with Gasteiger partial charge < -0.3 is 0 Å². The summed E-state index contributed by atoms with van der Waals surface area (Å²) in [5.74, 6) is 0. The lowest BCUT2D eigenvalue weighted by Gasteiger charge is -2.07. The van der Waals surface area contributed by atoms with Gasteiger partial charge in [0.25, 0.3) is 0 Å². The number of pyridine rings is 1. The lowest BCUT2D eigenvalue weighted by Crippen LogP contribution is -1.94. The van der Waals surface area contributed by atoms with Crippen molar-refractivity contribution >= 4 is 27.7 Å². The topological polar surface area (TPSA) is 12.9 Å². The minimum atomic E-state index is 0.646. The molecule has 1 nitrogen and oxygen atoms in total. The molecule has 1 aromatic rings. The molecule has 0 N–H and O–H groups in total. The van der Waals surface area contributed by atoms with Crippen LogP contribution in [-0.2, 0) is 0 Å². The Labute approximate surface area is 92.5 Å². The summed E-state index contributed by atoms with van der Waals surface area (Å²) < 4.78 is 1.08. The van der Waals surface area contributed by atoms with Crippen LogP contribution in [0.2, 0.25) is 0 Å². The summed E-state index contributed by atoms with van der Waals surface area (Å²) in [5.41, 5.74) is 1.06. The van der Waals surface area contributed by atoms with Crippen molar-refractivity contribution in [2.45, 2.75) is 37.5 Å². The second-order valence-corrected chi connectivity index (χ2v) is 5.37. The molecule has 3 heteroatoms. The van der Waals surface area contributed by atoms with E-state index in [0.717, 1.165) is 15.2 Å². The molecule has 0 aromatic carbocycles. The van der Waals surface area contributed by atoms with Crippen molar-refractivity contribution in [2.75, 3.05) is 0 Å². The highest BCUT2D eigenvalue weighted by molar-refractivity contribution is 9.10. The second kappa shape index (κ2) is 5.01. The number of aryl methyl sites for hydroxylation is 1. The Morgan fingerprint density at radius 3 is 2.77 bits per heavy atom. The number of nitrogens with zero attached hydrogens (tertiary/aromatic N) is 1. The zero-order chi connectivity index (χ0) is 9.84. The number of halogens is 1. The van der Waals surface area contributed by atoms with Gasteiger partial charge in [0.05, 0.1) is 10.7 Å². The molecule has 0 radical (unpaired) electrons. The number of rotatable bonds is 3. The van der Waals surface area contributed by atoms with Gasteiger partial charge >= 0.3 is 0 Å². The molecule has 0 aliphatic rings. The monoisotopic (exact) mass is 259 g/mol. The van der Waals surface area contributed by atoms with Gasteiger partial charge in [-0.1, -0.05) is 13.8 Å². The SMILES string of the molecule is CCC(C)Sc1ccc(Br)c(C)n1. The van der Waals surface area contributed by atoms with Gasteiger partial charge in [-0.05, 0) is 41.4 Å². The molecule has 0 spiro atoms. The van der Waals surface area contributed by atoms with E-state index in [0.29, 0.717) is 5.25 Å². The molecule has 0 amide bonds. The Bertz CT molecular complexity index is 288. The van der Waals surface area contributed by atoms with Gasteiger partial charge in [0.15, 0.2) is 0 Å². The standard InChI is InChI=1S/C10H14BrNS/c1-4-7(2)13-10-6-5-9(11)8(3)12-10/h5-7H,4H2,1-3H3. The van der Waals surface area contributed by atoms with Crippen LogP contribution in [0.3, 0.4) is 0 Å². The van der Waals surface area contributed by atoms with Crippen molar-refractivity contribution in [1.29, 1.82) is 0 Å². The Balaban J connectivity index is 2.73. The molecule has 1 rings (SSSR count). The third-order valence-corrected chi connectivity index (χ3v) is 3.94. The van der Waals surface area contributed by atoms with Crippen LogP contribution in [-0.4, -0.2) is 10.2 Å². The van der Waals surface area contributed by atoms with Gasteiger partial charge in [-0.25, -0.2) is 4.98 Å². The number of aromatic nitrogens is 1. The van der Waals surface area contributed by atoms with E-state index >= 15 is 0 Å². The normalized spacial score (nSPS) is 12.9. The van der Waals surface area contributed by atoms with Crippen molar-refractivity contribution in [3.63, 3.8) is 0 Å². The summed E-state index contributed by atoms with van der Waals surface area (Å²) in [4.78, 5) is 4.48. The maximum absolute atomic E-state index is 4.48. The lowest BCUT2D eigenvalue weighted by molar-refractivity contribution is 0.899. The van der Waals surface area contributed by atoms with E-state index in [1.807, 2.05) is 18.7 Å². The van der Waals surface area contributed by atoms with Crippen LogP contribution < -0.4 is 0 Å². The Morgan fingerprint density at radius 2 is 2.23 bits per heavy atom. The summed E-state index contributed by atoms with van der Waals surface area (Å²) in [6.07, 6.45) is 1.18. The van der Waals surface area contributed by atoms with Crippen molar-refractivity contribution in [3.8, 4) is 0 Å².